The third-order valence-electron chi connectivity index (χ3n) is 7.06. The van der Waals surface area contributed by atoms with E-state index in [2.05, 4.69) is 20.3 Å². The van der Waals surface area contributed by atoms with Gasteiger partial charge in [0.25, 0.3) is 0 Å². The number of aromatic nitrogens is 3. The van der Waals surface area contributed by atoms with Gasteiger partial charge in [0.15, 0.2) is 0 Å². The highest BCUT2D eigenvalue weighted by molar-refractivity contribution is 7.92. The van der Waals surface area contributed by atoms with Gasteiger partial charge in [0.05, 0.1) is 28.3 Å². The van der Waals surface area contributed by atoms with Gasteiger partial charge in [-0.2, -0.15) is 4.90 Å². The molecule has 0 saturated heterocycles. The first-order valence-electron chi connectivity index (χ1n) is 14.5. The molecule has 0 radical (unpaired) electrons. The number of halogens is 2. The zero-order valence-electron chi connectivity index (χ0n) is 27.1. The van der Waals surface area contributed by atoms with Crippen LogP contribution in [0, 0.1) is 12.7 Å². The van der Waals surface area contributed by atoms with Crippen LogP contribution in [0.25, 0.3) is 21.9 Å². The van der Waals surface area contributed by atoms with Crippen LogP contribution in [0.15, 0.2) is 42.9 Å². The fourth-order valence-corrected chi connectivity index (χ4v) is 6.38. The molecule has 0 fully saturated rings. The first kappa shape index (κ1) is 33.8. The van der Waals surface area contributed by atoms with Crippen LogP contribution in [-0.4, -0.2) is 53.8 Å². The van der Waals surface area contributed by atoms with E-state index in [-0.39, 0.29) is 27.6 Å². The van der Waals surface area contributed by atoms with Crippen molar-refractivity contribution in [2.45, 2.75) is 65.4 Å². The molecule has 12 nitrogen and oxygen atoms in total. The lowest BCUT2D eigenvalue weighted by atomic mass is 9.98. The minimum absolute atomic E-state index is 0.0362. The van der Waals surface area contributed by atoms with E-state index in [1.165, 1.54) is 29.9 Å². The van der Waals surface area contributed by atoms with Gasteiger partial charge in [-0.3, -0.25) is 9.29 Å². The summed E-state index contributed by atoms with van der Waals surface area (Å²) in [5.41, 5.74) is -0.275. The Balaban J connectivity index is 1.56. The molecule has 1 aromatic carbocycles. The Morgan fingerprint density at radius 3 is 2.23 bits per heavy atom. The number of nitrogens with one attached hydrogen (secondary N) is 1. The summed E-state index contributed by atoms with van der Waals surface area (Å²) in [6.45, 7) is 11.6. The minimum atomic E-state index is -3.46. The van der Waals surface area contributed by atoms with Crippen molar-refractivity contribution in [2.24, 2.45) is 0 Å². The molecular formula is C32H34ClFN6O6S. The van der Waals surface area contributed by atoms with E-state index >= 15 is 4.39 Å². The Morgan fingerprint density at radius 1 is 0.979 bits per heavy atom. The fourth-order valence-electron chi connectivity index (χ4n) is 4.90. The third-order valence-corrected chi connectivity index (χ3v) is 9.09. The monoisotopic (exact) mass is 684 g/mol. The quantitative estimate of drug-likeness (QED) is 0.230. The first-order chi connectivity index (χ1) is 21.8. The van der Waals surface area contributed by atoms with Crippen molar-refractivity contribution in [1.29, 1.82) is 0 Å². The number of pyridine rings is 3. The second-order valence-corrected chi connectivity index (χ2v) is 15.4. The number of ether oxygens (including phenoxy) is 2. The van der Waals surface area contributed by atoms with Gasteiger partial charge in [-0.15, -0.1) is 0 Å². The normalized spacial score (nSPS) is 14.1. The molecule has 1 aliphatic heterocycles. The average molecular weight is 685 g/mol. The average Bonchev–Trinajstić information content (AvgIpc) is 3.17. The van der Waals surface area contributed by atoms with Crippen molar-refractivity contribution < 1.29 is 31.9 Å². The number of amides is 2. The number of sulfonamides is 1. The molecule has 4 heterocycles. The molecule has 47 heavy (non-hydrogen) atoms. The van der Waals surface area contributed by atoms with Gasteiger partial charge >= 0.3 is 12.2 Å². The van der Waals surface area contributed by atoms with E-state index in [0.29, 0.717) is 39.4 Å². The molecular weight excluding hydrogens is 651 g/mol. The highest BCUT2D eigenvalue weighted by atomic mass is 35.5. The molecule has 0 unspecified atom stereocenters. The number of carbonyl (C=O) groups is 2. The second-order valence-electron chi connectivity index (χ2n) is 13.0. The van der Waals surface area contributed by atoms with Crippen LogP contribution in [0.2, 0.25) is 5.02 Å². The number of nitrogens with zero attached hydrogens (tertiary/aromatic N) is 5. The molecule has 0 saturated carbocycles. The first-order valence-corrected chi connectivity index (χ1v) is 16.5. The highest BCUT2D eigenvalue weighted by Gasteiger charge is 2.35. The van der Waals surface area contributed by atoms with Crippen molar-refractivity contribution in [1.82, 2.24) is 15.0 Å². The van der Waals surface area contributed by atoms with Crippen molar-refractivity contribution in [3.05, 3.63) is 65.0 Å². The molecule has 0 atom stereocenters. The predicted molar refractivity (Wildman–Crippen MR) is 178 cm³/mol. The topological polar surface area (TPSA) is 144 Å². The summed E-state index contributed by atoms with van der Waals surface area (Å²) in [6, 6.07) is 6.48. The Bertz CT molecular complexity index is 2020. The van der Waals surface area contributed by atoms with E-state index in [4.69, 9.17) is 21.1 Å². The van der Waals surface area contributed by atoms with Crippen LogP contribution in [0.5, 0.6) is 0 Å². The predicted octanol–water partition coefficient (Wildman–Crippen LogP) is 7.49. The Hall–Kier alpha value is -4.56. The van der Waals surface area contributed by atoms with Crippen LogP contribution >= 0.6 is 11.6 Å². The number of hydrogen-bond acceptors (Lipinski definition) is 10. The minimum Gasteiger partial charge on any atom is -0.443 e. The van der Waals surface area contributed by atoms with E-state index < -0.39 is 39.2 Å². The molecule has 0 spiro atoms. The summed E-state index contributed by atoms with van der Waals surface area (Å²) >= 11 is 6.51. The number of rotatable bonds is 4. The summed E-state index contributed by atoms with van der Waals surface area (Å²) < 4.78 is 52.6. The second kappa shape index (κ2) is 11.9. The molecule has 2 amide bonds. The van der Waals surface area contributed by atoms with Gasteiger partial charge < -0.3 is 14.8 Å². The standard InChI is InChI=1S/C32H34ClFN6O6S/c1-17-20(13-35-15-24(17)40(29(41)45-31(2,3)4)30(42)46-32(5,6)7)19-11-18-12-26(36-14-21(18)27(33)28(19)34)38-25-10-9-23-22(37-25)16-47(43,44)39(23)8/h9-15H,16H2,1-8H3,(H,36,37,38). The van der Waals surface area contributed by atoms with Crippen molar-refractivity contribution in [3.63, 3.8) is 0 Å². The van der Waals surface area contributed by atoms with Gasteiger partial charge in [0.2, 0.25) is 10.0 Å². The molecule has 248 valence electrons. The Kier molecular flexibility index (Phi) is 8.56. The molecule has 0 bridgehead atoms. The number of imide groups is 1. The number of hydrogen-bond donors (Lipinski definition) is 1. The lowest BCUT2D eigenvalue weighted by molar-refractivity contribution is 0.0430. The summed E-state index contributed by atoms with van der Waals surface area (Å²) in [6.07, 6.45) is 2.13. The molecule has 4 aromatic rings. The zero-order chi connectivity index (χ0) is 34.6. The maximum atomic E-state index is 15.9. The lowest BCUT2D eigenvalue weighted by Crippen LogP contribution is -2.44. The van der Waals surface area contributed by atoms with Crippen molar-refractivity contribution in [3.8, 4) is 11.1 Å². The molecule has 0 aliphatic carbocycles. The van der Waals surface area contributed by atoms with E-state index in [0.717, 1.165) is 4.90 Å². The third kappa shape index (κ3) is 6.93. The maximum Gasteiger partial charge on any atom is 0.424 e. The van der Waals surface area contributed by atoms with E-state index in [9.17, 15) is 18.0 Å². The summed E-state index contributed by atoms with van der Waals surface area (Å²) in [5, 5.41) is 3.71. The van der Waals surface area contributed by atoms with Crippen LogP contribution in [0.1, 0.15) is 52.8 Å². The van der Waals surface area contributed by atoms with Gasteiger partial charge in [0.1, 0.15) is 34.4 Å². The largest absolute Gasteiger partial charge is 0.443 e. The summed E-state index contributed by atoms with van der Waals surface area (Å²) in [5.74, 6) is -0.261. The number of carbonyl (C=O) groups excluding carboxylic acids is 2. The Labute approximate surface area is 276 Å². The SMILES string of the molecule is Cc1c(-c2cc3cc(Nc4ccc5c(n4)CS(=O)(=O)N5C)ncc3c(Cl)c2F)cncc1N(C(=O)OC(C)(C)C)C(=O)OC(C)(C)C. The zero-order valence-corrected chi connectivity index (χ0v) is 28.7. The van der Waals surface area contributed by atoms with E-state index in [1.807, 2.05) is 0 Å². The van der Waals surface area contributed by atoms with Crippen LogP contribution in [0.4, 0.5) is 37.0 Å². The summed E-state index contributed by atoms with van der Waals surface area (Å²) in [7, 11) is -1.99. The highest BCUT2D eigenvalue weighted by Crippen LogP contribution is 2.39. The smallest absolute Gasteiger partial charge is 0.424 e. The van der Waals surface area contributed by atoms with Gasteiger partial charge in [-0.25, -0.2) is 32.4 Å². The maximum absolute atomic E-state index is 15.9. The lowest BCUT2D eigenvalue weighted by Gasteiger charge is -2.29. The van der Waals surface area contributed by atoms with Crippen LogP contribution in [-0.2, 0) is 25.2 Å². The van der Waals surface area contributed by atoms with Gasteiger partial charge in [-0.1, -0.05) is 11.6 Å². The van der Waals surface area contributed by atoms with Crippen molar-refractivity contribution in [2.75, 3.05) is 21.6 Å². The van der Waals surface area contributed by atoms with E-state index in [1.54, 1.807) is 72.7 Å². The van der Waals surface area contributed by atoms with Crippen LogP contribution in [0.3, 0.4) is 0 Å². The van der Waals surface area contributed by atoms with Crippen molar-refractivity contribution >= 4 is 67.6 Å². The molecule has 1 N–H and O–H groups in total. The fraction of sp³-hybridized carbons (Fsp3) is 0.344. The molecule has 3 aromatic heterocycles. The number of fused-ring (bicyclic) bond motifs is 2. The summed E-state index contributed by atoms with van der Waals surface area (Å²) in [4.78, 5) is 40.4. The molecule has 5 rings (SSSR count). The van der Waals surface area contributed by atoms with Gasteiger partial charge in [-0.05, 0) is 83.7 Å². The Morgan fingerprint density at radius 2 is 1.62 bits per heavy atom. The van der Waals surface area contributed by atoms with Gasteiger partial charge in [0, 0.05) is 36.0 Å². The number of benzene rings is 1. The molecule has 15 heteroatoms. The molecule has 1 aliphatic rings. The van der Waals surface area contributed by atoms with Crippen LogP contribution < -0.4 is 14.5 Å². The number of anilines is 4.